The van der Waals surface area contributed by atoms with E-state index in [0.717, 1.165) is 58.4 Å². The summed E-state index contributed by atoms with van der Waals surface area (Å²) in [6.07, 6.45) is 8.29. The van der Waals surface area contributed by atoms with Crippen LogP contribution < -0.4 is 0 Å². The normalized spacial score (nSPS) is 33.2. The predicted molar refractivity (Wildman–Crippen MR) is 84.9 cm³/mol. The minimum absolute atomic E-state index is 0.100. The molecule has 21 heavy (non-hydrogen) atoms. The number of hydrogen-bond donors (Lipinski definition) is 0. The number of piperidine rings is 1. The molecule has 6 heteroatoms. The lowest BCUT2D eigenvalue weighted by Gasteiger charge is -2.45. The van der Waals surface area contributed by atoms with Gasteiger partial charge in [-0.3, -0.25) is 0 Å². The van der Waals surface area contributed by atoms with Gasteiger partial charge in [-0.15, -0.1) is 0 Å². The van der Waals surface area contributed by atoms with Crippen LogP contribution in [0.3, 0.4) is 0 Å². The third kappa shape index (κ3) is 3.44. The molecule has 0 saturated carbocycles. The van der Waals surface area contributed by atoms with Gasteiger partial charge in [0, 0.05) is 31.7 Å². The lowest BCUT2D eigenvalue weighted by Crippen LogP contribution is -2.57. The van der Waals surface area contributed by atoms with Gasteiger partial charge in [0.1, 0.15) is 0 Å². The Balaban J connectivity index is 1.61. The van der Waals surface area contributed by atoms with Gasteiger partial charge < -0.3 is 9.80 Å². The van der Waals surface area contributed by atoms with E-state index in [4.69, 9.17) is 0 Å². The van der Waals surface area contributed by atoms with E-state index in [-0.39, 0.29) is 5.54 Å². The summed E-state index contributed by atoms with van der Waals surface area (Å²) in [6, 6.07) is 0. The molecular weight excluding hydrogens is 286 g/mol. The third-order valence-corrected chi connectivity index (χ3v) is 6.87. The molecule has 1 atom stereocenters. The summed E-state index contributed by atoms with van der Waals surface area (Å²) in [4.78, 5) is 5.05. The van der Waals surface area contributed by atoms with Crippen LogP contribution in [0.25, 0.3) is 0 Å². The fourth-order valence-electron chi connectivity index (χ4n) is 4.52. The van der Waals surface area contributed by atoms with Gasteiger partial charge in [0.05, 0.1) is 6.26 Å². The number of likely N-dealkylation sites (tertiary alicyclic amines) is 2. The minimum Gasteiger partial charge on any atom is -0.302 e. The highest BCUT2D eigenvalue weighted by atomic mass is 32.2. The molecule has 0 aromatic rings. The van der Waals surface area contributed by atoms with Crippen LogP contribution in [0.1, 0.15) is 38.5 Å². The maximum Gasteiger partial charge on any atom is 0.211 e. The summed E-state index contributed by atoms with van der Waals surface area (Å²) in [6.45, 7) is 7.52. The summed E-state index contributed by atoms with van der Waals surface area (Å²) >= 11 is 0. The van der Waals surface area contributed by atoms with Crippen LogP contribution in [0.15, 0.2) is 0 Å². The zero-order valence-electron chi connectivity index (χ0n) is 13.3. The standard InChI is InChI=1S/C15H29N3O2S/c1-21(19,20)18-11-5-7-15(18)6-4-10-17(14-15)13-12-16-8-2-3-9-16/h2-14H2,1H3. The van der Waals surface area contributed by atoms with Crippen LogP contribution in [0, 0.1) is 0 Å². The lowest BCUT2D eigenvalue weighted by molar-refractivity contribution is 0.0824. The number of nitrogens with zero attached hydrogens (tertiary/aromatic N) is 3. The molecule has 3 aliphatic heterocycles. The van der Waals surface area contributed by atoms with Crippen molar-refractivity contribution in [1.29, 1.82) is 0 Å². The topological polar surface area (TPSA) is 43.9 Å². The van der Waals surface area contributed by atoms with Crippen LogP contribution in [0.5, 0.6) is 0 Å². The first kappa shape index (κ1) is 15.7. The van der Waals surface area contributed by atoms with E-state index in [1.54, 1.807) is 0 Å². The van der Waals surface area contributed by atoms with Gasteiger partial charge in [0.15, 0.2) is 0 Å². The van der Waals surface area contributed by atoms with E-state index < -0.39 is 10.0 Å². The first-order chi connectivity index (χ1) is 10.00. The molecular formula is C15H29N3O2S. The van der Waals surface area contributed by atoms with Crippen LogP contribution in [-0.2, 0) is 10.0 Å². The Morgan fingerprint density at radius 3 is 2.10 bits per heavy atom. The first-order valence-electron chi connectivity index (χ1n) is 8.42. The summed E-state index contributed by atoms with van der Waals surface area (Å²) in [5.41, 5.74) is -0.100. The van der Waals surface area contributed by atoms with Crippen LogP contribution in [0.2, 0.25) is 0 Å². The molecule has 3 rings (SSSR count). The minimum atomic E-state index is -3.07. The largest absolute Gasteiger partial charge is 0.302 e. The fourth-order valence-corrected chi connectivity index (χ4v) is 5.93. The van der Waals surface area contributed by atoms with Crippen molar-refractivity contribution in [3.8, 4) is 0 Å². The first-order valence-corrected chi connectivity index (χ1v) is 10.3. The predicted octanol–water partition coefficient (Wildman–Crippen LogP) is 0.972. The Morgan fingerprint density at radius 2 is 1.43 bits per heavy atom. The van der Waals surface area contributed by atoms with Crippen molar-refractivity contribution in [3.05, 3.63) is 0 Å². The Morgan fingerprint density at radius 1 is 0.857 bits per heavy atom. The van der Waals surface area contributed by atoms with Gasteiger partial charge >= 0.3 is 0 Å². The van der Waals surface area contributed by atoms with Crippen molar-refractivity contribution in [3.63, 3.8) is 0 Å². The highest BCUT2D eigenvalue weighted by molar-refractivity contribution is 7.88. The quantitative estimate of drug-likeness (QED) is 0.775. The molecule has 3 fully saturated rings. The summed E-state index contributed by atoms with van der Waals surface area (Å²) in [5.74, 6) is 0. The highest BCUT2D eigenvalue weighted by Gasteiger charge is 2.47. The van der Waals surface area contributed by atoms with Crippen LogP contribution in [0.4, 0.5) is 0 Å². The summed E-state index contributed by atoms with van der Waals surface area (Å²) < 4.78 is 26.0. The molecule has 122 valence electrons. The lowest BCUT2D eigenvalue weighted by atomic mass is 9.87. The molecule has 0 aromatic carbocycles. The molecule has 0 N–H and O–H groups in total. The molecule has 3 saturated heterocycles. The summed E-state index contributed by atoms with van der Waals surface area (Å²) in [7, 11) is -3.07. The molecule has 0 radical (unpaired) electrons. The number of sulfonamides is 1. The molecule has 1 unspecified atom stereocenters. The molecule has 0 amide bonds. The van der Waals surface area contributed by atoms with Crippen molar-refractivity contribution in [2.45, 2.75) is 44.1 Å². The van der Waals surface area contributed by atoms with Gasteiger partial charge in [0.2, 0.25) is 10.0 Å². The zero-order chi connectivity index (χ0) is 14.9. The van der Waals surface area contributed by atoms with Gasteiger partial charge in [0.25, 0.3) is 0 Å². The second kappa shape index (κ2) is 6.14. The van der Waals surface area contributed by atoms with Gasteiger partial charge in [-0.1, -0.05) is 0 Å². The molecule has 0 aliphatic carbocycles. The molecule has 0 aromatic heterocycles. The van der Waals surface area contributed by atoms with E-state index in [1.165, 1.54) is 32.2 Å². The smallest absolute Gasteiger partial charge is 0.211 e. The highest BCUT2D eigenvalue weighted by Crippen LogP contribution is 2.38. The van der Waals surface area contributed by atoms with Crippen molar-refractivity contribution in [1.82, 2.24) is 14.1 Å². The molecule has 1 spiro atoms. The zero-order valence-corrected chi connectivity index (χ0v) is 14.1. The maximum absolute atomic E-state index is 12.1. The van der Waals surface area contributed by atoms with Crippen molar-refractivity contribution < 1.29 is 8.42 Å². The van der Waals surface area contributed by atoms with E-state index in [1.807, 2.05) is 4.31 Å². The van der Waals surface area contributed by atoms with Crippen molar-refractivity contribution in [2.24, 2.45) is 0 Å². The van der Waals surface area contributed by atoms with E-state index >= 15 is 0 Å². The number of rotatable bonds is 4. The van der Waals surface area contributed by atoms with Gasteiger partial charge in [-0.2, -0.15) is 4.31 Å². The molecule has 3 aliphatic rings. The SMILES string of the molecule is CS(=O)(=O)N1CCCC12CCCN(CCN1CCCC1)C2. The summed E-state index contributed by atoms with van der Waals surface area (Å²) in [5, 5.41) is 0. The Labute approximate surface area is 129 Å². The Hall–Kier alpha value is -0.170. The van der Waals surface area contributed by atoms with Crippen molar-refractivity contribution in [2.75, 3.05) is 52.1 Å². The molecule has 3 heterocycles. The third-order valence-electron chi connectivity index (χ3n) is 5.50. The number of hydrogen-bond acceptors (Lipinski definition) is 4. The average molecular weight is 315 g/mol. The molecule has 5 nitrogen and oxygen atoms in total. The molecule has 0 bridgehead atoms. The monoisotopic (exact) mass is 315 g/mol. The Kier molecular flexibility index (Phi) is 4.60. The maximum atomic E-state index is 12.1. The van der Waals surface area contributed by atoms with E-state index in [0.29, 0.717) is 0 Å². The second-order valence-electron chi connectivity index (χ2n) is 7.09. The van der Waals surface area contributed by atoms with Gasteiger partial charge in [-0.25, -0.2) is 8.42 Å². The van der Waals surface area contributed by atoms with E-state index in [9.17, 15) is 8.42 Å². The second-order valence-corrected chi connectivity index (χ2v) is 9.00. The fraction of sp³-hybridized carbons (Fsp3) is 1.00. The Bertz CT molecular complexity index is 462. The van der Waals surface area contributed by atoms with Gasteiger partial charge in [-0.05, 0) is 58.2 Å². The van der Waals surface area contributed by atoms with Crippen molar-refractivity contribution >= 4 is 10.0 Å². The average Bonchev–Trinajstić information content (AvgIpc) is 3.06. The van der Waals surface area contributed by atoms with Crippen LogP contribution >= 0.6 is 0 Å². The van der Waals surface area contributed by atoms with E-state index in [2.05, 4.69) is 9.80 Å². The van der Waals surface area contributed by atoms with Crippen LogP contribution in [-0.4, -0.2) is 80.1 Å².